The van der Waals surface area contributed by atoms with E-state index < -0.39 is 0 Å². The minimum Gasteiger partial charge on any atom is -0.348 e. The van der Waals surface area contributed by atoms with Gasteiger partial charge in [0.25, 0.3) is 5.91 Å². The first-order valence-electron chi connectivity index (χ1n) is 7.82. The molecule has 1 saturated heterocycles. The van der Waals surface area contributed by atoms with Gasteiger partial charge in [0.05, 0.1) is 5.69 Å². The molecule has 0 aromatic carbocycles. The van der Waals surface area contributed by atoms with Crippen LogP contribution in [0.5, 0.6) is 0 Å². The quantitative estimate of drug-likeness (QED) is 0.746. The Morgan fingerprint density at radius 1 is 1.27 bits per heavy atom. The van der Waals surface area contributed by atoms with Crippen LogP contribution in [0.3, 0.4) is 0 Å². The van der Waals surface area contributed by atoms with E-state index in [-0.39, 0.29) is 49.2 Å². The van der Waals surface area contributed by atoms with Crippen LogP contribution in [0.25, 0.3) is 0 Å². The maximum Gasteiger partial charge on any atom is 0.270 e. The zero-order chi connectivity index (χ0) is 16.1. The average Bonchev–Trinajstić information content (AvgIpc) is 3.07. The highest BCUT2D eigenvalue weighted by Crippen LogP contribution is 2.14. The first-order valence-corrected chi connectivity index (χ1v) is 8.70. The Labute approximate surface area is 176 Å². The van der Waals surface area contributed by atoms with Crippen molar-refractivity contribution in [3.05, 3.63) is 46.2 Å². The molecular weight excluding hydrogens is 417 g/mol. The number of hydrogen-bond donors (Lipinski definition) is 2. The third-order valence-electron chi connectivity index (χ3n) is 3.99. The summed E-state index contributed by atoms with van der Waals surface area (Å²) in [6.07, 6.45) is 3.73. The number of hydrogen-bond acceptors (Lipinski definition) is 6. The second-order valence-electron chi connectivity index (χ2n) is 5.68. The van der Waals surface area contributed by atoms with Crippen LogP contribution in [0.1, 0.15) is 34.0 Å². The molecule has 1 amide bonds. The number of nitrogens with two attached hydrogens (primary N) is 1. The van der Waals surface area contributed by atoms with Gasteiger partial charge in [0.15, 0.2) is 0 Å². The smallest absolute Gasteiger partial charge is 0.270 e. The van der Waals surface area contributed by atoms with E-state index in [0.717, 1.165) is 43.2 Å². The topological polar surface area (TPSA) is 84.1 Å². The van der Waals surface area contributed by atoms with Gasteiger partial charge in [-0.15, -0.1) is 48.6 Å². The number of carbonyl (C=O) groups is 1. The summed E-state index contributed by atoms with van der Waals surface area (Å²) in [6, 6.07) is 6.20. The van der Waals surface area contributed by atoms with Gasteiger partial charge in [0.1, 0.15) is 10.7 Å². The van der Waals surface area contributed by atoms with Crippen LogP contribution in [0.15, 0.2) is 29.8 Å². The highest BCUT2D eigenvalue weighted by atomic mass is 35.5. The van der Waals surface area contributed by atoms with Gasteiger partial charge < -0.3 is 11.1 Å². The van der Waals surface area contributed by atoms with Crippen molar-refractivity contribution in [3.63, 3.8) is 0 Å². The van der Waals surface area contributed by atoms with Crippen molar-refractivity contribution in [2.45, 2.75) is 32.0 Å². The standard InChI is InChI=1S/C16H21N5OS.3ClH/c17-9-15-20-14(11-23-15)16(22)19-12-4-7-21(8-5-12)10-13-3-1-2-6-18-13;;;/h1-3,6,11-12H,4-5,7-10,17H2,(H,19,22);3*1H. The fraction of sp³-hybridized carbons (Fsp3) is 0.438. The zero-order valence-corrected chi connectivity index (χ0v) is 17.4. The summed E-state index contributed by atoms with van der Waals surface area (Å²) < 4.78 is 0. The summed E-state index contributed by atoms with van der Waals surface area (Å²) in [5.41, 5.74) is 7.10. The van der Waals surface area contributed by atoms with Gasteiger partial charge in [-0.1, -0.05) is 6.07 Å². The summed E-state index contributed by atoms with van der Waals surface area (Å²) in [4.78, 5) is 23.1. The molecule has 1 fully saturated rings. The fourth-order valence-corrected chi connectivity index (χ4v) is 3.38. The molecule has 0 radical (unpaired) electrons. The number of thiazole rings is 1. The molecule has 1 aliphatic heterocycles. The van der Waals surface area contributed by atoms with E-state index in [2.05, 4.69) is 20.2 Å². The molecule has 0 spiro atoms. The molecule has 2 aromatic heterocycles. The molecule has 0 bridgehead atoms. The summed E-state index contributed by atoms with van der Waals surface area (Å²) in [7, 11) is 0. The predicted octanol–water partition coefficient (Wildman–Crippen LogP) is 2.66. The van der Waals surface area contributed by atoms with Crippen LogP contribution in [-0.2, 0) is 13.1 Å². The molecule has 2 aromatic rings. The number of amides is 1. The van der Waals surface area contributed by atoms with Crippen LogP contribution >= 0.6 is 48.6 Å². The molecule has 3 heterocycles. The second-order valence-corrected chi connectivity index (χ2v) is 6.62. The molecule has 1 aliphatic rings. The van der Waals surface area contributed by atoms with Crippen molar-refractivity contribution in [2.24, 2.45) is 5.73 Å². The van der Waals surface area contributed by atoms with Gasteiger partial charge in [-0.25, -0.2) is 4.98 Å². The SMILES string of the molecule is Cl.Cl.Cl.NCc1nc(C(=O)NC2CCN(Cc3ccccn3)CC2)cs1. The fourth-order valence-electron chi connectivity index (χ4n) is 2.72. The van der Waals surface area contributed by atoms with Gasteiger partial charge in [-0.2, -0.15) is 0 Å². The highest BCUT2D eigenvalue weighted by Gasteiger charge is 2.22. The number of piperidine rings is 1. The molecule has 0 saturated carbocycles. The maximum atomic E-state index is 12.2. The van der Waals surface area contributed by atoms with Crippen molar-refractivity contribution in [3.8, 4) is 0 Å². The third-order valence-corrected chi connectivity index (χ3v) is 4.86. The number of carbonyl (C=O) groups excluding carboxylic acids is 1. The van der Waals surface area contributed by atoms with Gasteiger partial charge in [0, 0.05) is 43.8 Å². The van der Waals surface area contributed by atoms with Gasteiger partial charge in [-0.3, -0.25) is 14.7 Å². The van der Waals surface area contributed by atoms with Crippen LogP contribution in [-0.4, -0.2) is 39.9 Å². The van der Waals surface area contributed by atoms with Crippen molar-refractivity contribution >= 4 is 54.5 Å². The van der Waals surface area contributed by atoms with E-state index in [1.54, 1.807) is 5.38 Å². The van der Waals surface area contributed by atoms with E-state index >= 15 is 0 Å². The van der Waals surface area contributed by atoms with Crippen LogP contribution < -0.4 is 11.1 Å². The van der Waals surface area contributed by atoms with Crippen LogP contribution in [0.2, 0.25) is 0 Å². The Bertz CT molecular complexity index is 650. The molecule has 3 rings (SSSR count). The molecule has 26 heavy (non-hydrogen) atoms. The van der Waals surface area contributed by atoms with E-state index in [0.29, 0.717) is 12.2 Å². The summed E-state index contributed by atoms with van der Waals surface area (Å²) in [6.45, 7) is 3.18. The molecule has 6 nitrogen and oxygen atoms in total. The number of nitrogens with zero attached hydrogens (tertiary/aromatic N) is 3. The summed E-state index contributed by atoms with van der Waals surface area (Å²) in [5, 5.41) is 5.64. The van der Waals surface area contributed by atoms with E-state index in [1.165, 1.54) is 11.3 Å². The largest absolute Gasteiger partial charge is 0.348 e. The Kier molecular flexibility index (Phi) is 12.0. The minimum atomic E-state index is -0.0934. The number of nitrogens with one attached hydrogen (secondary N) is 1. The first kappa shape index (κ1) is 25.0. The van der Waals surface area contributed by atoms with Crippen molar-refractivity contribution in [1.82, 2.24) is 20.2 Å². The second kappa shape index (κ2) is 12.4. The Morgan fingerprint density at radius 2 is 2.00 bits per heavy atom. The lowest BCUT2D eigenvalue weighted by molar-refractivity contribution is 0.0904. The molecule has 10 heteroatoms. The molecule has 146 valence electrons. The highest BCUT2D eigenvalue weighted by molar-refractivity contribution is 7.09. The summed E-state index contributed by atoms with van der Waals surface area (Å²) in [5.74, 6) is -0.0934. The van der Waals surface area contributed by atoms with Crippen LogP contribution in [0, 0.1) is 0 Å². The number of rotatable bonds is 5. The average molecular weight is 441 g/mol. The first-order chi connectivity index (χ1) is 11.2. The lowest BCUT2D eigenvalue weighted by atomic mass is 10.0. The van der Waals surface area contributed by atoms with Crippen molar-refractivity contribution in [2.75, 3.05) is 13.1 Å². The van der Waals surface area contributed by atoms with Crippen LogP contribution in [0.4, 0.5) is 0 Å². The Morgan fingerprint density at radius 3 is 2.58 bits per heavy atom. The number of likely N-dealkylation sites (tertiary alicyclic amines) is 1. The molecular formula is C16H24Cl3N5OS. The van der Waals surface area contributed by atoms with E-state index in [1.807, 2.05) is 24.4 Å². The predicted molar refractivity (Wildman–Crippen MR) is 112 cm³/mol. The molecule has 0 unspecified atom stereocenters. The maximum absolute atomic E-state index is 12.2. The van der Waals surface area contributed by atoms with E-state index in [4.69, 9.17) is 5.73 Å². The Balaban J connectivity index is 0.00000208. The van der Waals surface area contributed by atoms with Crippen molar-refractivity contribution < 1.29 is 4.79 Å². The minimum absolute atomic E-state index is 0. The van der Waals surface area contributed by atoms with Crippen molar-refractivity contribution in [1.29, 1.82) is 0 Å². The lowest BCUT2D eigenvalue weighted by Gasteiger charge is -2.31. The zero-order valence-electron chi connectivity index (χ0n) is 14.2. The van der Waals surface area contributed by atoms with Gasteiger partial charge in [-0.05, 0) is 25.0 Å². The number of pyridine rings is 1. The monoisotopic (exact) mass is 439 g/mol. The number of halogens is 3. The van der Waals surface area contributed by atoms with E-state index in [9.17, 15) is 4.79 Å². The molecule has 0 aliphatic carbocycles. The molecule has 0 atom stereocenters. The van der Waals surface area contributed by atoms with Gasteiger partial charge >= 0.3 is 0 Å². The number of aromatic nitrogens is 2. The third kappa shape index (κ3) is 6.98. The Hall–Kier alpha value is -0.960. The van der Waals surface area contributed by atoms with Gasteiger partial charge in [0.2, 0.25) is 0 Å². The molecule has 3 N–H and O–H groups in total. The lowest BCUT2D eigenvalue weighted by Crippen LogP contribution is -2.44. The summed E-state index contributed by atoms with van der Waals surface area (Å²) >= 11 is 1.43. The normalized spacial score (nSPS) is 14.5.